The van der Waals surface area contributed by atoms with Gasteiger partial charge in [0.15, 0.2) is 0 Å². The van der Waals surface area contributed by atoms with Gasteiger partial charge in [0.05, 0.1) is 0 Å². The van der Waals surface area contributed by atoms with Gasteiger partial charge in [-0.25, -0.2) is 4.79 Å². The Morgan fingerprint density at radius 2 is 1.70 bits per heavy atom. The number of nitrogens with zero attached hydrogens (tertiary/aromatic N) is 1. The zero-order chi connectivity index (χ0) is 17.0. The first-order chi connectivity index (χ1) is 10.7. The molecule has 1 heterocycles. The molecule has 0 bridgehead atoms. The van der Waals surface area contributed by atoms with E-state index in [0.29, 0.717) is 24.4 Å². The lowest BCUT2D eigenvalue weighted by Crippen LogP contribution is -2.44. The monoisotopic (exact) mass is 320 g/mol. The standard InChI is InChI=1S/C17H24N2O4/c1-17(2,3)23-16(21)19-10-8-14(9-11-19)22-13-6-4-12(5-7-13)15(18)20/h4-7,14H,8-11H2,1-3H3,(H2,18,20). The summed E-state index contributed by atoms with van der Waals surface area (Å²) in [5, 5.41) is 0. The first-order valence-corrected chi connectivity index (χ1v) is 7.79. The van der Waals surface area contributed by atoms with Crippen molar-refractivity contribution in [3.63, 3.8) is 0 Å². The van der Waals surface area contributed by atoms with Crippen molar-refractivity contribution in [1.29, 1.82) is 0 Å². The molecule has 2 amide bonds. The Labute approximate surface area is 136 Å². The van der Waals surface area contributed by atoms with E-state index in [1.54, 1.807) is 29.2 Å². The number of hydrogen-bond donors (Lipinski definition) is 1. The Kier molecular flexibility index (Phi) is 5.13. The van der Waals surface area contributed by atoms with E-state index < -0.39 is 11.5 Å². The Balaban J connectivity index is 1.82. The van der Waals surface area contributed by atoms with Crippen molar-refractivity contribution in [1.82, 2.24) is 4.90 Å². The fourth-order valence-corrected chi connectivity index (χ4v) is 2.37. The van der Waals surface area contributed by atoms with Crippen LogP contribution in [0.1, 0.15) is 44.0 Å². The third kappa shape index (κ3) is 5.16. The summed E-state index contributed by atoms with van der Waals surface area (Å²) in [5.41, 5.74) is 5.18. The first kappa shape index (κ1) is 17.1. The van der Waals surface area contributed by atoms with E-state index in [9.17, 15) is 9.59 Å². The van der Waals surface area contributed by atoms with Crippen molar-refractivity contribution in [2.45, 2.75) is 45.3 Å². The van der Waals surface area contributed by atoms with Crippen molar-refractivity contribution >= 4 is 12.0 Å². The van der Waals surface area contributed by atoms with Gasteiger partial charge in [-0.2, -0.15) is 0 Å². The number of carbonyl (C=O) groups excluding carboxylic acids is 2. The van der Waals surface area contributed by atoms with E-state index in [4.69, 9.17) is 15.2 Å². The first-order valence-electron chi connectivity index (χ1n) is 7.79. The number of amides is 2. The van der Waals surface area contributed by atoms with Gasteiger partial charge in [0, 0.05) is 31.5 Å². The van der Waals surface area contributed by atoms with Crippen LogP contribution in [-0.2, 0) is 4.74 Å². The number of piperidine rings is 1. The minimum atomic E-state index is -0.480. The third-order valence-electron chi connectivity index (χ3n) is 3.54. The van der Waals surface area contributed by atoms with Crippen LogP contribution in [0.2, 0.25) is 0 Å². The Hall–Kier alpha value is -2.24. The summed E-state index contributed by atoms with van der Waals surface area (Å²) < 4.78 is 11.3. The van der Waals surface area contributed by atoms with Gasteiger partial charge < -0.3 is 20.1 Å². The smallest absolute Gasteiger partial charge is 0.410 e. The molecule has 2 N–H and O–H groups in total. The van der Waals surface area contributed by atoms with E-state index in [-0.39, 0.29) is 12.2 Å². The molecule has 0 aromatic heterocycles. The van der Waals surface area contributed by atoms with Crippen LogP contribution in [0.3, 0.4) is 0 Å². The van der Waals surface area contributed by atoms with E-state index in [2.05, 4.69) is 0 Å². The van der Waals surface area contributed by atoms with Crippen LogP contribution in [-0.4, -0.2) is 41.7 Å². The van der Waals surface area contributed by atoms with Crippen molar-refractivity contribution in [2.75, 3.05) is 13.1 Å². The molecule has 23 heavy (non-hydrogen) atoms. The minimum Gasteiger partial charge on any atom is -0.490 e. The van der Waals surface area contributed by atoms with Gasteiger partial charge in [-0.15, -0.1) is 0 Å². The third-order valence-corrected chi connectivity index (χ3v) is 3.54. The predicted molar refractivity (Wildman–Crippen MR) is 86.4 cm³/mol. The van der Waals surface area contributed by atoms with E-state index in [1.807, 2.05) is 20.8 Å². The molecule has 1 aliphatic rings. The molecule has 6 heteroatoms. The molecule has 2 rings (SSSR count). The molecule has 1 aromatic carbocycles. The number of ether oxygens (including phenoxy) is 2. The van der Waals surface area contributed by atoms with Crippen LogP contribution in [0.5, 0.6) is 5.75 Å². The highest BCUT2D eigenvalue weighted by molar-refractivity contribution is 5.92. The maximum Gasteiger partial charge on any atom is 0.410 e. The summed E-state index contributed by atoms with van der Waals surface area (Å²) >= 11 is 0. The zero-order valence-corrected chi connectivity index (χ0v) is 13.9. The van der Waals surface area contributed by atoms with E-state index in [0.717, 1.165) is 12.8 Å². The largest absolute Gasteiger partial charge is 0.490 e. The van der Waals surface area contributed by atoms with E-state index >= 15 is 0 Å². The molecular formula is C17H24N2O4. The molecule has 0 radical (unpaired) electrons. The van der Waals surface area contributed by atoms with Crippen LogP contribution in [0.15, 0.2) is 24.3 Å². The Morgan fingerprint density at radius 1 is 1.13 bits per heavy atom. The molecule has 1 fully saturated rings. The summed E-state index contributed by atoms with van der Waals surface area (Å²) in [5.74, 6) is 0.243. The summed E-state index contributed by atoms with van der Waals surface area (Å²) in [7, 11) is 0. The fraction of sp³-hybridized carbons (Fsp3) is 0.529. The highest BCUT2D eigenvalue weighted by atomic mass is 16.6. The van der Waals surface area contributed by atoms with Crippen LogP contribution in [0.25, 0.3) is 0 Å². The second-order valence-electron chi connectivity index (χ2n) is 6.67. The average molecular weight is 320 g/mol. The minimum absolute atomic E-state index is 0.0492. The number of hydrogen-bond acceptors (Lipinski definition) is 4. The molecule has 0 spiro atoms. The number of rotatable bonds is 3. The quantitative estimate of drug-likeness (QED) is 0.928. The molecule has 0 aliphatic carbocycles. The molecule has 1 aromatic rings. The van der Waals surface area contributed by atoms with Gasteiger partial charge in [-0.1, -0.05) is 0 Å². The molecule has 6 nitrogen and oxygen atoms in total. The highest BCUT2D eigenvalue weighted by Crippen LogP contribution is 2.21. The van der Waals surface area contributed by atoms with Crippen molar-refractivity contribution in [2.24, 2.45) is 5.73 Å². The van der Waals surface area contributed by atoms with Crippen molar-refractivity contribution < 1.29 is 19.1 Å². The SMILES string of the molecule is CC(C)(C)OC(=O)N1CCC(Oc2ccc(C(N)=O)cc2)CC1. The maximum atomic E-state index is 12.0. The predicted octanol–water partition coefficient (Wildman–Crippen LogP) is 2.56. The number of nitrogens with two attached hydrogens (primary N) is 1. The van der Waals surface area contributed by atoms with Crippen LogP contribution < -0.4 is 10.5 Å². The lowest BCUT2D eigenvalue weighted by Gasteiger charge is -2.33. The number of likely N-dealkylation sites (tertiary alicyclic amines) is 1. The van der Waals surface area contributed by atoms with E-state index in [1.165, 1.54) is 0 Å². The van der Waals surface area contributed by atoms with Gasteiger partial charge in [-0.3, -0.25) is 4.79 Å². The summed E-state index contributed by atoms with van der Waals surface area (Å²) in [6.45, 7) is 6.79. The van der Waals surface area contributed by atoms with Gasteiger partial charge >= 0.3 is 6.09 Å². The zero-order valence-electron chi connectivity index (χ0n) is 13.9. The van der Waals surface area contributed by atoms with Gasteiger partial charge in [0.1, 0.15) is 17.5 Å². The number of carbonyl (C=O) groups is 2. The Bertz CT molecular complexity index is 555. The normalized spacial score (nSPS) is 16.0. The average Bonchev–Trinajstić information content (AvgIpc) is 2.46. The van der Waals surface area contributed by atoms with Crippen LogP contribution >= 0.6 is 0 Å². The molecule has 0 atom stereocenters. The van der Waals surface area contributed by atoms with Gasteiger partial charge in [0.2, 0.25) is 5.91 Å². The van der Waals surface area contributed by atoms with Crippen LogP contribution in [0.4, 0.5) is 4.79 Å². The number of benzene rings is 1. The molecule has 0 unspecified atom stereocenters. The highest BCUT2D eigenvalue weighted by Gasteiger charge is 2.27. The lowest BCUT2D eigenvalue weighted by molar-refractivity contribution is 0.0126. The maximum absolute atomic E-state index is 12.0. The van der Waals surface area contributed by atoms with Crippen LogP contribution in [0, 0.1) is 0 Å². The van der Waals surface area contributed by atoms with Gasteiger partial charge in [0.25, 0.3) is 0 Å². The summed E-state index contributed by atoms with van der Waals surface area (Å²) in [6, 6.07) is 6.77. The molecule has 1 saturated heterocycles. The van der Waals surface area contributed by atoms with Crippen molar-refractivity contribution in [3.05, 3.63) is 29.8 Å². The molecular weight excluding hydrogens is 296 g/mol. The topological polar surface area (TPSA) is 81.9 Å². The molecule has 126 valence electrons. The second kappa shape index (κ2) is 6.89. The molecule has 0 saturated carbocycles. The Morgan fingerprint density at radius 3 is 2.17 bits per heavy atom. The van der Waals surface area contributed by atoms with Gasteiger partial charge in [-0.05, 0) is 45.0 Å². The second-order valence-corrected chi connectivity index (χ2v) is 6.67. The molecule has 1 aliphatic heterocycles. The van der Waals surface area contributed by atoms with Crippen molar-refractivity contribution in [3.8, 4) is 5.75 Å². The number of primary amides is 1. The summed E-state index contributed by atoms with van der Waals surface area (Å²) in [4.78, 5) is 24.7. The summed E-state index contributed by atoms with van der Waals surface area (Å²) in [6.07, 6.45) is 1.27. The lowest BCUT2D eigenvalue weighted by atomic mass is 10.1. The fourth-order valence-electron chi connectivity index (χ4n) is 2.37.